The molecule has 0 bridgehead atoms. The number of ether oxygens (including phenoxy) is 1. The van der Waals surface area contributed by atoms with E-state index >= 15 is 0 Å². The van der Waals surface area contributed by atoms with Gasteiger partial charge in [0.05, 0.1) is 18.5 Å². The molecule has 0 aliphatic heterocycles. The molecule has 0 saturated carbocycles. The highest BCUT2D eigenvalue weighted by atomic mass is 16.5. The van der Waals surface area contributed by atoms with Gasteiger partial charge in [0.15, 0.2) is 0 Å². The lowest BCUT2D eigenvalue weighted by molar-refractivity contribution is 0.0508. The van der Waals surface area contributed by atoms with E-state index in [0.29, 0.717) is 12.2 Å². The van der Waals surface area contributed by atoms with Crippen LogP contribution in [0, 0.1) is 0 Å². The molecule has 2 aromatic rings. The van der Waals surface area contributed by atoms with E-state index in [4.69, 9.17) is 15.0 Å². The molecular formula is C9H12N6O3. The summed E-state index contributed by atoms with van der Waals surface area (Å²) in [5.41, 5.74) is 6.06. The predicted octanol–water partition coefficient (Wildman–Crippen LogP) is -0.655. The third kappa shape index (κ3) is 2.69. The van der Waals surface area contributed by atoms with Gasteiger partial charge in [-0.1, -0.05) is 5.21 Å². The van der Waals surface area contributed by atoms with E-state index < -0.39 is 5.97 Å². The van der Waals surface area contributed by atoms with Crippen molar-refractivity contribution in [3.8, 4) is 0 Å². The first-order chi connectivity index (χ1) is 8.72. The highest BCUT2D eigenvalue weighted by molar-refractivity contribution is 5.84. The van der Waals surface area contributed by atoms with Crippen molar-refractivity contribution in [1.82, 2.24) is 25.1 Å². The maximum Gasteiger partial charge on any atom is 0.379 e. The second-order valence-electron chi connectivity index (χ2n) is 3.34. The van der Waals surface area contributed by atoms with Crippen LogP contribution in [0.5, 0.6) is 0 Å². The van der Waals surface area contributed by atoms with Crippen LogP contribution in [-0.2, 0) is 17.8 Å². The van der Waals surface area contributed by atoms with Gasteiger partial charge in [-0.2, -0.15) is 4.98 Å². The number of esters is 1. The molecule has 0 saturated heterocycles. The number of nitrogens with two attached hydrogens (primary N) is 1. The zero-order valence-corrected chi connectivity index (χ0v) is 9.74. The minimum Gasteiger partial charge on any atom is -0.460 e. The molecule has 0 aliphatic carbocycles. The molecule has 0 fully saturated rings. The molecule has 0 unspecified atom stereocenters. The molecule has 0 amide bonds. The first-order valence-corrected chi connectivity index (χ1v) is 5.31. The number of carbonyl (C=O) groups is 1. The van der Waals surface area contributed by atoms with Crippen LogP contribution in [0.15, 0.2) is 10.7 Å². The Morgan fingerprint density at radius 1 is 1.61 bits per heavy atom. The Bertz CT molecular complexity index is 534. The molecule has 9 nitrogen and oxygen atoms in total. The van der Waals surface area contributed by atoms with Gasteiger partial charge < -0.3 is 15.0 Å². The molecule has 2 rings (SSSR count). The fourth-order valence-electron chi connectivity index (χ4n) is 1.25. The Morgan fingerprint density at radius 3 is 3.11 bits per heavy atom. The maximum atomic E-state index is 11.3. The first kappa shape index (κ1) is 12.2. The molecule has 96 valence electrons. The lowest BCUT2D eigenvalue weighted by Gasteiger charge is -1.94. The third-order valence-corrected chi connectivity index (χ3v) is 2.02. The Hall–Kier alpha value is -2.29. The Balaban J connectivity index is 2.04. The smallest absolute Gasteiger partial charge is 0.379 e. The lowest BCUT2D eigenvalue weighted by Crippen LogP contribution is -2.07. The molecule has 2 N–H and O–H groups in total. The largest absolute Gasteiger partial charge is 0.460 e. The summed E-state index contributed by atoms with van der Waals surface area (Å²) in [5, 5.41) is 11.1. The quantitative estimate of drug-likeness (QED) is 0.696. The zero-order valence-electron chi connectivity index (χ0n) is 9.74. The Labute approximate surface area is 102 Å². The standard InChI is InChI=1S/C9H12N6O3/c1-2-17-9(16)8-11-7(18-13-8)5-15-4-6(3-10)12-14-15/h4H,2-3,5,10H2,1H3. The number of nitrogens with zero attached hydrogens (tertiary/aromatic N) is 5. The van der Waals surface area contributed by atoms with Gasteiger partial charge in [-0.05, 0) is 12.1 Å². The monoisotopic (exact) mass is 252 g/mol. The summed E-state index contributed by atoms with van der Waals surface area (Å²) in [5.74, 6) is -0.480. The number of carbonyl (C=O) groups excluding carboxylic acids is 1. The minimum absolute atomic E-state index is 0.106. The molecule has 9 heteroatoms. The average Bonchev–Trinajstić information content (AvgIpc) is 2.99. The van der Waals surface area contributed by atoms with Crippen LogP contribution in [0.25, 0.3) is 0 Å². The van der Waals surface area contributed by atoms with Gasteiger partial charge in [-0.3, -0.25) is 0 Å². The van der Waals surface area contributed by atoms with Crippen molar-refractivity contribution in [2.24, 2.45) is 5.73 Å². The van der Waals surface area contributed by atoms with Gasteiger partial charge in [-0.25, -0.2) is 9.48 Å². The molecule has 0 radical (unpaired) electrons. The van der Waals surface area contributed by atoms with E-state index in [-0.39, 0.29) is 24.9 Å². The molecule has 18 heavy (non-hydrogen) atoms. The van der Waals surface area contributed by atoms with Gasteiger partial charge in [0.1, 0.15) is 6.54 Å². The van der Waals surface area contributed by atoms with Crippen LogP contribution >= 0.6 is 0 Å². The van der Waals surface area contributed by atoms with Crippen LogP contribution in [0.1, 0.15) is 29.1 Å². The second-order valence-corrected chi connectivity index (χ2v) is 3.34. The second kappa shape index (κ2) is 5.36. The molecule has 0 atom stereocenters. The summed E-state index contributed by atoms with van der Waals surface area (Å²) < 4.78 is 11.1. The van der Waals surface area contributed by atoms with Crippen molar-refractivity contribution in [3.63, 3.8) is 0 Å². The average molecular weight is 252 g/mol. The predicted molar refractivity (Wildman–Crippen MR) is 57.3 cm³/mol. The maximum absolute atomic E-state index is 11.3. The summed E-state index contributed by atoms with van der Waals surface area (Å²) in [7, 11) is 0. The summed E-state index contributed by atoms with van der Waals surface area (Å²) in [6.45, 7) is 2.48. The van der Waals surface area contributed by atoms with E-state index in [1.165, 1.54) is 4.68 Å². The minimum atomic E-state index is -0.617. The summed E-state index contributed by atoms with van der Waals surface area (Å²) in [4.78, 5) is 15.2. The van der Waals surface area contributed by atoms with Crippen LogP contribution in [0.4, 0.5) is 0 Å². The molecule has 2 heterocycles. The van der Waals surface area contributed by atoms with Gasteiger partial charge in [0, 0.05) is 6.54 Å². The summed E-state index contributed by atoms with van der Waals surface area (Å²) in [6, 6.07) is 0. The number of rotatable bonds is 5. The van der Waals surface area contributed by atoms with Gasteiger partial charge >= 0.3 is 5.97 Å². The van der Waals surface area contributed by atoms with E-state index in [9.17, 15) is 4.79 Å². The first-order valence-electron chi connectivity index (χ1n) is 5.31. The van der Waals surface area contributed by atoms with E-state index in [0.717, 1.165) is 0 Å². The number of hydrogen-bond acceptors (Lipinski definition) is 8. The lowest BCUT2D eigenvalue weighted by atomic mass is 10.5. The van der Waals surface area contributed by atoms with Crippen molar-refractivity contribution < 1.29 is 14.1 Å². The summed E-state index contributed by atoms with van der Waals surface area (Å²) >= 11 is 0. The molecule has 0 aromatic carbocycles. The van der Waals surface area contributed by atoms with Crippen molar-refractivity contribution in [2.45, 2.75) is 20.0 Å². The molecule has 0 spiro atoms. The fraction of sp³-hybridized carbons (Fsp3) is 0.444. The summed E-state index contributed by atoms with van der Waals surface area (Å²) in [6.07, 6.45) is 1.66. The van der Waals surface area contributed by atoms with Crippen LogP contribution < -0.4 is 5.73 Å². The van der Waals surface area contributed by atoms with Crippen molar-refractivity contribution in [1.29, 1.82) is 0 Å². The highest BCUT2D eigenvalue weighted by Gasteiger charge is 2.16. The van der Waals surface area contributed by atoms with Crippen molar-refractivity contribution in [3.05, 3.63) is 23.6 Å². The van der Waals surface area contributed by atoms with Gasteiger partial charge in [0.2, 0.25) is 5.89 Å². The number of aromatic nitrogens is 5. The fourth-order valence-corrected chi connectivity index (χ4v) is 1.25. The number of hydrogen-bond donors (Lipinski definition) is 1. The van der Waals surface area contributed by atoms with E-state index in [1.807, 2.05) is 0 Å². The molecule has 0 aliphatic rings. The van der Waals surface area contributed by atoms with Gasteiger partial charge in [-0.15, -0.1) is 5.10 Å². The SMILES string of the molecule is CCOC(=O)c1noc(Cn2cc(CN)nn2)n1. The zero-order chi connectivity index (χ0) is 13.0. The third-order valence-electron chi connectivity index (χ3n) is 2.02. The Morgan fingerprint density at radius 2 is 2.44 bits per heavy atom. The Kier molecular flexibility index (Phi) is 3.63. The van der Waals surface area contributed by atoms with E-state index in [1.54, 1.807) is 13.1 Å². The van der Waals surface area contributed by atoms with Crippen LogP contribution in [0.3, 0.4) is 0 Å². The van der Waals surface area contributed by atoms with Crippen molar-refractivity contribution in [2.75, 3.05) is 6.61 Å². The topological polar surface area (TPSA) is 122 Å². The normalized spacial score (nSPS) is 10.6. The van der Waals surface area contributed by atoms with Crippen LogP contribution in [0.2, 0.25) is 0 Å². The molecule has 2 aromatic heterocycles. The molecular weight excluding hydrogens is 240 g/mol. The van der Waals surface area contributed by atoms with Gasteiger partial charge in [0.25, 0.3) is 5.82 Å². The highest BCUT2D eigenvalue weighted by Crippen LogP contribution is 2.02. The van der Waals surface area contributed by atoms with E-state index in [2.05, 4.69) is 20.5 Å². The van der Waals surface area contributed by atoms with Crippen molar-refractivity contribution >= 4 is 5.97 Å². The van der Waals surface area contributed by atoms with Crippen LogP contribution in [-0.4, -0.2) is 37.7 Å².